The summed E-state index contributed by atoms with van der Waals surface area (Å²) in [5.74, 6) is 11.5. The second kappa shape index (κ2) is 55.7. The van der Waals surface area contributed by atoms with Gasteiger partial charge >= 0.3 is 0 Å². The second-order valence-electron chi connectivity index (χ2n) is 31.9. The number of hydrogen-bond acceptors (Lipinski definition) is 14. The minimum atomic E-state index is 0.679. The molecule has 0 fully saturated rings. The van der Waals surface area contributed by atoms with Gasteiger partial charge in [-0.3, -0.25) is 0 Å². The van der Waals surface area contributed by atoms with E-state index < -0.39 is 0 Å². The van der Waals surface area contributed by atoms with Crippen molar-refractivity contribution in [3.63, 3.8) is 0 Å². The highest BCUT2D eigenvalue weighted by atomic mass is 32.2. The van der Waals surface area contributed by atoms with Gasteiger partial charge in [-0.25, -0.2) is 29.9 Å². The molecule has 2 aliphatic heterocycles. The van der Waals surface area contributed by atoms with Crippen LogP contribution in [-0.2, 0) is 0 Å². The number of hydrogen-bond donors (Lipinski definition) is 2. The maximum Gasteiger partial charge on any atom is 0.164 e. The van der Waals surface area contributed by atoms with E-state index in [2.05, 4.69) is 161 Å². The van der Waals surface area contributed by atoms with Crippen LogP contribution in [0.25, 0.3) is 89.7 Å². The van der Waals surface area contributed by atoms with Crippen LogP contribution in [0.2, 0.25) is 0 Å². The lowest BCUT2D eigenvalue weighted by atomic mass is 10.1. The van der Waals surface area contributed by atoms with Gasteiger partial charge in [-0.05, 0) is 146 Å². The van der Waals surface area contributed by atoms with Gasteiger partial charge in [0, 0.05) is 83.0 Å². The summed E-state index contributed by atoms with van der Waals surface area (Å²) in [6.45, 7) is 18.6. The first-order valence-corrected chi connectivity index (χ1v) is 53.8. The first kappa shape index (κ1) is 92.9. The maximum atomic E-state index is 5.95. The lowest BCUT2D eigenvalue weighted by Crippen LogP contribution is -1.92. The molecule has 618 valence electrons. The van der Waals surface area contributed by atoms with Gasteiger partial charge in [-0.1, -0.05) is 312 Å². The summed E-state index contributed by atoms with van der Waals surface area (Å²) in [6, 6.07) is 19.8. The van der Waals surface area contributed by atoms with E-state index in [1.165, 1.54) is 347 Å². The Labute approximate surface area is 714 Å². The van der Waals surface area contributed by atoms with Gasteiger partial charge < -0.3 is 9.97 Å². The number of nitrogens with one attached hydrogen (secondary N) is 2. The molecule has 0 saturated carbocycles. The van der Waals surface area contributed by atoms with E-state index in [9.17, 15) is 0 Å². The number of H-pyrrole nitrogens is 2. The molecule has 8 bridgehead atoms. The van der Waals surface area contributed by atoms with E-state index in [1.807, 2.05) is 47.0 Å². The average molecular weight is 1670 g/mol. The molecule has 9 rings (SSSR count). The molecule has 0 amide bonds. The van der Waals surface area contributed by atoms with Gasteiger partial charge in [-0.2, -0.15) is 0 Å². The van der Waals surface area contributed by atoms with Crippen LogP contribution >= 0.6 is 94.1 Å². The zero-order valence-corrected chi connectivity index (χ0v) is 77.7. The van der Waals surface area contributed by atoms with Crippen molar-refractivity contribution in [1.82, 2.24) is 39.9 Å². The summed E-state index contributed by atoms with van der Waals surface area (Å²) >= 11 is 16.4. The Morgan fingerprint density at radius 2 is 0.330 bits per heavy atom. The highest BCUT2D eigenvalue weighted by Gasteiger charge is 2.28. The van der Waals surface area contributed by atoms with Gasteiger partial charge in [0.05, 0.1) is 0 Å². The number of benzene rings is 4. The fourth-order valence-electron chi connectivity index (χ4n) is 15.2. The fourth-order valence-corrected chi connectivity index (χ4v) is 24.4. The zero-order valence-electron chi connectivity index (χ0n) is 71.2. The van der Waals surface area contributed by atoms with Gasteiger partial charge in [0.15, 0.2) is 23.3 Å². The number of rotatable bonds is 64. The van der Waals surface area contributed by atoms with E-state index in [-0.39, 0.29) is 0 Å². The molecule has 3 aromatic heterocycles. The number of aromatic amines is 2. The molecule has 0 radical (unpaired) electrons. The van der Waals surface area contributed by atoms with Crippen LogP contribution in [-0.4, -0.2) is 85.9 Å². The minimum absolute atomic E-state index is 0.679. The first-order chi connectivity index (χ1) is 55.3. The quantitative estimate of drug-likeness (QED) is 0.0279. The van der Waals surface area contributed by atoms with Crippen molar-refractivity contribution in [2.24, 2.45) is 0 Å². The SMILES string of the molecule is CCCCCCCCSc1cc2c(cc1SCCCCCCCC)-c1nc-2nc2nc(nc3[nH]c(nc4[nH]c(n1)c1cc(SCCCCCCCC)c(SCCCCCCCC)cc41)c1cc(SCCCCCCCC)c(SCCCCCCCC)cc31)-c1cc(SCCCCCCCC)c(SCCCCCCCC)cc1-2. The van der Waals surface area contributed by atoms with Crippen LogP contribution in [0.4, 0.5) is 0 Å². The van der Waals surface area contributed by atoms with Crippen LogP contribution in [0.1, 0.15) is 364 Å². The number of unbranched alkanes of at least 4 members (excludes halogenated alkanes) is 40. The third-order valence-electron chi connectivity index (χ3n) is 22.1. The van der Waals surface area contributed by atoms with Crippen LogP contribution in [0.5, 0.6) is 0 Å². The molecule has 7 aromatic rings. The lowest BCUT2D eigenvalue weighted by Gasteiger charge is -2.13. The van der Waals surface area contributed by atoms with Crippen molar-refractivity contribution in [3.8, 4) is 45.6 Å². The monoisotopic (exact) mass is 1670 g/mol. The number of nitrogens with zero attached hydrogens (tertiary/aromatic N) is 6. The Bertz CT molecular complexity index is 3750. The zero-order chi connectivity index (χ0) is 78.4. The predicted octanol–water partition coefficient (Wildman–Crippen LogP) is 34.5. The van der Waals surface area contributed by atoms with Crippen LogP contribution < -0.4 is 0 Å². The number of fused-ring (bicyclic) bond motifs is 20. The lowest BCUT2D eigenvalue weighted by molar-refractivity contribution is 0.626. The molecule has 5 heterocycles. The van der Waals surface area contributed by atoms with E-state index in [0.717, 1.165) is 112 Å². The number of aromatic nitrogens is 8. The van der Waals surface area contributed by atoms with Crippen molar-refractivity contribution < 1.29 is 0 Å². The standard InChI is InChI=1S/C96H146N8S8/c1-9-17-25-33-41-49-57-105-81-65-73-74(66-82(81)106-58-50-42-34-26-18-10-2)90-97-89(73)101-91-75-67-83(107-59-51-43-35-27-19-11-3)84(108-60-52-44-36-28-20-12-4)68-76(75)93(98-91)103-95-79-71-87(111-63-55-47-39-31-23-15-7)88(112-64-56-48-40-32-24-16-8)72-80(79)96(100-95)104-94-78-70-86(110-62-54-46-38-30-22-14-6)85(69-77(78)92(99-94)102-90)109-61-53-45-37-29-21-13-5/h65-72H,9-64H2,1-8H3,(H2,97,98,99,100,101,102,103,104). The van der Waals surface area contributed by atoms with Gasteiger partial charge in [0.25, 0.3) is 0 Å². The Hall–Kier alpha value is -2.96. The molecule has 112 heavy (non-hydrogen) atoms. The molecular formula is C96H146N8S8. The molecule has 2 aliphatic rings. The molecule has 2 N–H and O–H groups in total. The Balaban J connectivity index is 1.32. The van der Waals surface area contributed by atoms with E-state index in [1.54, 1.807) is 0 Å². The highest BCUT2D eigenvalue weighted by molar-refractivity contribution is 8.03. The Morgan fingerprint density at radius 3 is 0.518 bits per heavy atom. The highest BCUT2D eigenvalue weighted by Crippen LogP contribution is 2.48. The van der Waals surface area contributed by atoms with E-state index >= 15 is 0 Å². The smallest absolute Gasteiger partial charge is 0.164 e. The summed E-state index contributed by atoms with van der Waals surface area (Å²) in [6.07, 6.45) is 61.8. The molecule has 16 heteroatoms. The normalized spacial score (nSPS) is 12.1. The van der Waals surface area contributed by atoms with Crippen molar-refractivity contribution in [3.05, 3.63) is 48.5 Å². The summed E-state index contributed by atoms with van der Waals surface area (Å²) in [5.41, 5.74) is 7.38. The third-order valence-corrected chi connectivity index (χ3v) is 31.8. The van der Waals surface area contributed by atoms with Gasteiger partial charge in [-0.15, -0.1) is 94.1 Å². The third kappa shape index (κ3) is 31.0. The average Bonchev–Trinajstić information content (AvgIpc) is 1.59. The van der Waals surface area contributed by atoms with E-state index in [0.29, 0.717) is 23.3 Å². The molecule has 0 saturated heterocycles. The second-order valence-corrected chi connectivity index (χ2v) is 41.0. The maximum absolute atomic E-state index is 5.95. The number of thioether (sulfide) groups is 8. The van der Waals surface area contributed by atoms with Crippen molar-refractivity contribution in [2.75, 3.05) is 46.0 Å². The molecule has 0 atom stereocenters. The van der Waals surface area contributed by atoms with Crippen LogP contribution in [0, 0.1) is 0 Å². The summed E-state index contributed by atoms with van der Waals surface area (Å²) in [5, 5.41) is 4.36. The van der Waals surface area contributed by atoms with Crippen molar-refractivity contribution in [1.29, 1.82) is 0 Å². The molecule has 0 aliphatic carbocycles. The predicted molar refractivity (Wildman–Crippen MR) is 509 cm³/mol. The van der Waals surface area contributed by atoms with Crippen molar-refractivity contribution >= 4 is 138 Å². The van der Waals surface area contributed by atoms with Crippen LogP contribution in [0.15, 0.2) is 87.7 Å². The molecular weight excluding hydrogens is 1520 g/mol. The Kier molecular flexibility index (Phi) is 46.2. The van der Waals surface area contributed by atoms with Crippen LogP contribution in [0.3, 0.4) is 0 Å². The summed E-state index contributed by atoms with van der Waals surface area (Å²) < 4.78 is 0. The molecule has 8 nitrogen and oxygen atoms in total. The first-order valence-electron chi connectivity index (χ1n) is 45.9. The van der Waals surface area contributed by atoms with E-state index in [4.69, 9.17) is 29.9 Å². The molecule has 0 spiro atoms. The topological polar surface area (TPSA) is 109 Å². The molecule has 4 aromatic carbocycles. The van der Waals surface area contributed by atoms with Crippen molar-refractivity contribution in [2.45, 2.75) is 403 Å². The largest absolute Gasteiger partial charge is 0.324 e. The fraction of sp³-hybridized carbons (Fsp3) is 0.667. The summed E-state index contributed by atoms with van der Waals surface area (Å²) in [4.78, 5) is 53.9. The summed E-state index contributed by atoms with van der Waals surface area (Å²) in [7, 11) is 0. The van der Waals surface area contributed by atoms with Gasteiger partial charge in [0.1, 0.15) is 22.6 Å². The van der Waals surface area contributed by atoms with Gasteiger partial charge in [0.2, 0.25) is 0 Å². The minimum Gasteiger partial charge on any atom is -0.324 e. The molecule has 0 unspecified atom stereocenters. The Morgan fingerprint density at radius 1 is 0.179 bits per heavy atom.